The number of piperidine rings is 1. The molecule has 0 bridgehead atoms. The van der Waals surface area contributed by atoms with Crippen molar-refractivity contribution >= 4 is 17.5 Å². The molecule has 0 spiro atoms. The number of carbonyl (C=O) groups is 1. The van der Waals surface area contributed by atoms with E-state index in [1.165, 1.54) is 12.8 Å². The van der Waals surface area contributed by atoms with Crippen LogP contribution in [0.3, 0.4) is 0 Å². The number of nitrogens with zero attached hydrogens (tertiary/aromatic N) is 2. The molecule has 1 atom stereocenters. The zero-order chi connectivity index (χ0) is 17.5. The molecular weight excluding hydrogens is 334 g/mol. The minimum absolute atomic E-state index is 0.0744. The first-order chi connectivity index (χ1) is 12.2. The fourth-order valence-corrected chi connectivity index (χ4v) is 3.56. The third-order valence-electron chi connectivity index (χ3n) is 4.65. The molecule has 1 aliphatic rings. The molecule has 0 radical (unpaired) electrons. The van der Waals surface area contributed by atoms with Crippen molar-refractivity contribution in [2.75, 3.05) is 13.1 Å². The minimum atomic E-state index is 0.0744. The van der Waals surface area contributed by atoms with E-state index in [4.69, 9.17) is 11.6 Å². The van der Waals surface area contributed by atoms with Crippen molar-refractivity contribution in [3.8, 4) is 0 Å². The number of hydrogen-bond donors (Lipinski definition) is 1. The van der Waals surface area contributed by atoms with Crippen LogP contribution in [0.25, 0.3) is 0 Å². The van der Waals surface area contributed by atoms with Crippen LogP contribution < -0.4 is 5.32 Å². The minimum Gasteiger partial charge on any atom is -0.352 e. The van der Waals surface area contributed by atoms with Gasteiger partial charge in [0.1, 0.15) is 0 Å². The standard InChI is InChI=1S/C20H24ClN3O/c21-17-7-5-6-16(14-17)15-23-20(25)10-13-24-12-4-2-9-19(24)18-8-1-3-11-22-18/h1,3,5-8,11,14,19H,2,4,9-10,12-13,15H2,(H,23,25)/t19-/m1/s1. The SMILES string of the molecule is O=C(CCN1CCCC[C@@H]1c1ccccn1)NCc1cccc(Cl)c1. The summed E-state index contributed by atoms with van der Waals surface area (Å²) in [5.41, 5.74) is 2.13. The van der Waals surface area contributed by atoms with Crippen molar-refractivity contribution in [2.24, 2.45) is 0 Å². The Bertz CT molecular complexity index is 692. The van der Waals surface area contributed by atoms with Gasteiger partial charge in [-0.1, -0.05) is 36.2 Å². The van der Waals surface area contributed by atoms with E-state index in [0.717, 1.165) is 30.8 Å². The van der Waals surface area contributed by atoms with Gasteiger partial charge in [0, 0.05) is 30.7 Å². The second kappa shape index (κ2) is 8.97. The van der Waals surface area contributed by atoms with E-state index in [9.17, 15) is 4.79 Å². The van der Waals surface area contributed by atoms with Crippen LogP contribution in [0.15, 0.2) is 48.7 Å². The van der Waals surface area contributed by atoms with E-state index >= 15 is 0 Å². The zero-order valence-corrected chi connectivity index (χ0v) is 15.1. The number of hydrogen-bond acceptors (Lipinski definition) is 3. The summed E-state index contributed by atoms with van der Waals surface area (Å²) in [7, 11) is 0. The van der Waals surface area contributed by atoms with Gasteiger partial charge in [0.2, 0.25) is 5.91 Å². The Morgan fingerprint density at radius 2 is 2.16 bits per heavy atom. The van der Waals surface area contributed by atoms with Crippen molar-refractivity contribution in [3.05, 3.63) is 64.9 Å². The van der Waals surface area contributed by atoms with Gasteiger partial charge in [-0.05, 0) is 49.2 Å². The predicted octanol–water partition coefficient (Wildman–Crippen LogP) is 3.97. The van der Waals surface area contributed by atoms with Gasteiger partial charge in [0.15, 0.2) is 0 Å². The van der Waals surface area contributed by atoms with E-state index in [1.807, 2.05) is 42.6 Å². The summed E-state index contributed by atoms with van der Waals surface area (Å²) in [5, 5.41) is 3.67. The van der Waals surface area contributed by atoms with Crippen LogP contribution in [0, 0.1) is 0 Å². The van der Waals surface area contributed by atoms with E-state index in [-0.39, 0.29) is 5.91 Å². The summed E-state index contributed by atoms with van der Waals surface area (Å²) in [5.74, 6) is 0.0744. The van der Waals surface area contributed by atoms with Gasteiger partial charge in [-0.25, -0.2) is 0 Å². The maximum atomic E-state index is 12.2. The molecule has 1 aromatic heterocycles. The van der Waals surface area contributed by atoms with E-state index < -0.39 is 0 Å². The molecule has 1 aromatic carbocycles. The molecule has 0 aliphatic carbocycles. The van der Waals surface area contributed by atoms with E-state index in [2.05, 4.69) is 21.3 Å². The van der Waals surface area contributed by atoms with Crippen LogP contribution in [0.1, 0.15) is 43.0 Å². The van der Waals surface area contributed by atoms with Crippen LogP contribution in [-0.4, -0.2) is 28.9 Å². The van der Waals surface area contributed by atoms with Crippen molar-refractivity contribution in [2.45, 2.75) is 38.3 Å². The lowest BCUT2D eigenvalue weighted by molar-refractivity contribution is -0.121. The van der Waals surface area contributed by atoms with Gasteiger partial charge >= 0.3 is 0 Å². The first-order valence-corrected chi connectivity index (χ1v) is 9.26. The molecule has 1 fully saturated rings. The van der Waals surface area contributed by atoms with Crippen LogP contribution >= 0.6 is 11.6 Å². The van der Waals surface area contributed by atoms with Crippen molar-refractivity contribution in [1.82, 2.24) is 15.2 Å². The molecule has 5 heteroatoms. The van der Waals surface area contributed by atoms with Crippen molar-refractivity contribution in [1.29, 1.82) is 0 Å². The highest BCUT2D eigenvalue weighted by Crippen LogP contribution is 2.29. The average molecular weight is 358 g/mol. The third kappa shape index (κ3) is 5.28. The molecule has 1 N–H and O–H groups in total. The smallest absolute Gasteiger partial charge is 0.221 e. The number of amides is 1. The third-order valence-corrected chi connectivity index (χ3v) is 4.88. The molecule has 1 amide bonds. The molecule has 2 heterocycles. The average Bonchev–Trinajstić information content (AvgIpc) is 2.66. The summed E-state index contributed by atoms with van der Waals surface area (Å²) in [6.45, 7) is 2.31. The predicted molar refractivity (Wildman–Crippen MR) is 100 cm³/mol. The molecule has 4 nitrogen and oxygen atoms in total. The first kappa shape index (κ1) is 17.9. The number of rotatable bonds is 6. The van der Waals surface area contributed by atoms with Gasteiger partial charge in [-0.3, -0.25) is 14.7 Å². The van der Waals surface area contributed by atoms with Crippen LogP contribution in [0.2, 0.25) is 5.02 Å². The fraction of sp³-hybridized carbons (Fsp3) is 0.400. The molecule has 2 aromatic rings. The molecule has 0 saturated carbocycles. The Hall–Kier alpha value is -1.91. The Labute approximate surface area is 154 Å². The molecular formula is C20H24ClN3O. The van der Waals surface area contributed by atoms with Gasteiger partial charge in [0.05, 0.1) is 11.7 Å². The maximum Gasteiger partial charge on any atom is 0.221 e. The normalized spacial score (nSPS) is 18.0. The van der Waals surface area contributed by atoms with Crippen LogP contribution in [-0.2, 0) is 11.3 Å². The molecule has 25 heavy (non-hydrogen) atoms. The molecule has 1 aliphatic heterocycles. The summed E-state index contributed by atoms with van der Waals surface area (Å²) < 4.78 is 0. The summed E-state index contributed by atoms with van der Waals surface area (Å²) in [6, 6.07) is 14.0. The first-order valence-electron chi connectivity index (χ1n) is 8.88. The number of nitrogens with one attached hydrogen (secondary N) is 1. The lowest BCUT2D eigenvalue weighted by Gasteiger charge is -2.35. The van der Waals surface area contributed by atoms with Crippen molar-refractivity contribution < 1.29 is 4.79 Å². The van der Waals surface area contributed by atoms with Gasteiger partial charge < -0.3 is 5.32 Å². The Morgan fingerprint density at radius 3 is 2.96 bits per heavy atom. The van der Waals surface area contributed by atoms with Crippen molar-refractivity contribution in [3.63, 3.8) is 0 Å². The summed E-state index contributed by atoms with van der Waals surface area (Å²) in [4.78, 5) is 19.1. The summed E-state index contributed by atoms with van der Waals surface area (Å²) >= 11 is 5.97. The fourth-order valence-electron chi connectivity index (χ4n) is 3.35. The highest BCUT2D eigenvalue weighted by Gasteiger charge is 2.24. The lowest BCUT2D eigenvalue weighted by Crippen LogP contribution is -2.37. The van der Waals surface area contributed by atoms with E-state index in [0.29, 0.717) is 24.0 Å². The summed E-state index contributed by atoms with van der Waals surface area (Å²) in [6.07, 6.45) is 5.87. The number of halogens is 1. The largest absolute Gasteiger partial charge is 0.352 e. The second-order valence-electron chi connectivity index (χ2n) is 6.46. The lowest BCUT2D eigenvalue weighted by atomic mass is 9.98. The highest BCUT2D eigenvalue weighted by atomic mass is 35.5. The molecule has 3 rings (SSSR count). The number of pyridine rings is 1. The Kier molecular flexibility index (Phi) is 6.42. The quantitative estimate of drug-likeness (QED) is 0.850. The molecule has 0 unspecified atom stereocenters. The Balaban J connectivity index is 1.50. The maximum absolute atomic E-state index is 12.2. The number of aromatic nitrogens is 1. The number of likely N-dealkylation sites (tertiary alicyclic amines) is 1. The van der Waals surface area contributed by atoms with Crippen LogP contribution in [0.4, 0.5) is 0 Å². The highest BCUT2D eigenvalue weighted by molar-refractivity contribution is 6.30. The van der Waals surface area contributed by atoms with Gasteiger partial charge in [-0.15, -0.1) is 0 Å². The van der Waals surface area contributed by atoms with Crippen LogP contribution in [0.5, 0.6) is 0 Å². The second-order valence-corrected chi connectivity index (χ2v) is 6.90. The van der Waals surface area contributed by atoms with E-state index in [1.54, 1.807) is 0 Å². The monoisotopic (exact) mass is 357 g/mol. The zero-order valence-electron chi connectivity index (χ0n) is 14.3. The molecule has 1 saturated heterocycles. The number of benzene rings is 1. The molecule has 132 valence electrons. The number of carbonyl (C=O) groups excluding carboxylic acids is 1. The topological polar surface area (TPSA) is 45.2 Å². The Morgan fingerprint density at radius 1 is 1.24 bits per heavy atom. The van der Waals surface area contributed by atoms with Gasteiger partial charge in [0.25, 0.3) is 0 Å². The van der Waals surface area contributed by atoms with Gasteiger partial charge in [-0.2, -0.15) is 0 Å².